The number of anilines is 1. The van der Waals surface area contributed by atoms with Gasteiger partial charge in [0.2, 0.25) is 5.91 Å². The minimum absolute atomic E-state index is 0.0666. The van der Waals surface area contributed by atoms with Crippen molar-refractivity contribution in [2.24, 2.45) is 7.05 Å². The van der Waals surface area contributed by atoms with Gasteiger partial charge in [-0.3, -0.25) is 9.59 Å². The van der Waals surface area contributed by atoms with Crippen LogP contribution in [0.4, 0.5) is 5.69 Å². The van der Waals surface area contributed by atoms with Crippen molar-refractivity contribution in [1.29, 1.82) is 0 Å². The number of hydrogen-bond donors (Lipinski definition) is 2. The van der Waals surface area contributed by atoms with Gasteiger partial charge in [-0.15, -0.1) is 10.2 Å². The van der Waals surface area contributed by atoms with Gasteiger partial charge in [0.25, 0.3) is 5.91 Å². The van der Waals surface area contributed by atoms with Gasteiger partial charge in [0, 0.05) is 12.6 Å². The zero-order chi connectivity index (χ0) is 23.1. The number of amides is 2. The van der Waals surface area contributed by atoms with Gasteiger partial charge < -0.3 is 19.9 Å². The van der Waals surface area contributed by atoms with Crippen LogP contribution >= 0.6 is 11.8 Å². The molecule has 10 heteroatoms. The van der Waals surface area contributed by atoms with Gasteiger partial charge in [0.15, 0.2) is 11.0 Å². The molecule has 0 unspecified atom stereocenters. The lowest BCUT2D eigenvalue weighted by Crippen LogP contribution is -2.24. The maximum atomic E-state index is 12.4. The van der Waals surface area contributed by atoms with E-state index in [1.165, 1.54) is 18.9 Å². The second-order valence-electron chi connectivity index (χ2n) is 6.88. The molecule has 1 heterocycles. The average Bonchev–Trinajstić information content (AvgIpc) is 3.15. The van der Waals surface area contributed by atoms with Gasteiger partial charge in [0.05, 0.1) is 30.7 Å². The number of aromatic nitrogens is 3. The summed E-state index contributed by atoms with van der Waals surface area (Å²) in [6.07, 6.45) is 0. The molecule has 0 aliphatic rings. The Balaban J connectivity index is 1.55. The Morgan fingerprint density at radius 3 is 2.62 bits per heavy atom. The number of nitrogens with one attached hydrogen (secondary N) is 2. The standard InChI is InChI=1S/C22H23N5O4S/c1-14-7-6-8-15(11-14)20(29)23-12-18-25-26-22(27(18)2)32-13-19(28)24-17-10-5-4-9-16(17)21(30)31-3/h4-11H,12-13H2,1-3H3,(H,23,29)(H,24,28). The van der Waals surface area contributed by atoms with Crippen molar-refractivity contribution in [2.75, 3.05) is 18.2 Å². The minimum Gasteiger partial charge on any atom is -0.465 e. The van der Waals surface area contributed by atoms with Crippen LogP contribution in [0.5, 0.6) is 0 Å². The van der Waals surface area contributed by atoms with Crippen molar-refractivity contribution in [2.45, 2.75) is 18.6 Å². The number of esters is 1. The fourth-order valence-electron chi connectivity index (χ4n) is 2.87. The van der Waals surface area contributed by atoms with Crippen molar-refractivity contribution in [1.82, 2.24) is 20.1 Å². The quantitative estimate of drug-likeness (QED) is 0.398. The van der Waals surface area contributed by atoms with Gasteiger partial charge >= 0.3 is 5.97 Å². The summed E-state index contributed by atoms with van der Waals surface area (Å²) in [5, 5.41) is 14.2. The first-order valence-corrected chi connectivity index (χ1v) is 10.7. The first-order chi connectivity index (χ1) is 15.4. The molecule has 2 aromatic carbocycles. The van der Waals surface area contributed by atoms with E-state index < -0.39 is 5.97 Å². The second-order valence-corrected chi connectivity index (χ2v) is 7.83. The molecule has 0 spiro atoms. The van der Waals surface area contributed by atoms with Gasteiger partial charge in [-0.05, 0) is 31.2 Å². The van der Waals surface area contributed by atoms with E-state index >= 15 is 0 Å². The molecule has 2 amide bonds. The third-order valence-electron chi connectivity index (χ3n) is 4.55. The number of rotatable bonds is 8. The van der Waals surface area contributed by atoms with Gasteiger partial charge in [-0.25, -0.2) is 4.79 Å². The summed E-state index contributed by atoms with van der Waals surface area (Å²) in [6, 6.07) is 13.9. The van der Waals surface area contributed by atoms with Crippen molar-refractivity contribution >= 4 is 35.2 Å². The lowest BCUT2D eigenvalue weighted by atomic mass is 10.1. The highest BCUT2D eigenvalue weighted by molar-refractivity contribution is 7.99. The predicted octanol–water partition coefficient (Wildman–Crippen LogP) is 2.57. The highest BCUT2D eigenvalue weighted by atomic mass is 32.2. The normalized spacial score (nSPS) is 10.5. The zero-order valence-electron chi connectivity index (χ0n) is 17.9. The molecule has 1 aromatic heterocycles. The second kappa shape index (κ2) is 10.6. The number of benzene rings is 2. The first-order valence-electron chi connectivity index (χ1n) is 9.72. The fraction of sp³-hybridized carbons (Fsp3) is 0.227. The van der Waals surface area contributed by atoms with E-state index in [0.29, 0.717) is 22.2 Å². The van der Waals surface area contributed by atoms with Crippen LogP contribution in [0.1, 0.15) is 32.1 Å². The molecule has 0 atom stereocenters. The number of thioether (sulfide) groups is 1. The van der Waals surface area contributed by atoms with E-state index in [2.05, 4.69) is 20.8 Å². The molecule has 0 saturated heterocycles. The molecule has 3 rings (SSSR count). The Bertz CT molecular complexity index is 1140. The molecule has 0 bridgehead atoms. The van der Waals surface area contributed by atoms with Crippen LogP contribution in [0.25, 0.3) is 0 Å². The van der Waals surface area contributed by atoms with Gasteiger partial charge in [-0.2, -0.15) is 0 Å². The van der Waals surface area contributed by atoms with E-state index in [0.717, 1.165) is 5.56 Å². The molecule has 9 nitrogen and oxygen atoms in total. The molecule has 0 fully saturated rings. The van der Waals surface area contributed by atoms with E-state index in [1.807, 2.05) is 25.1 Å². The molecule has 0 radical (unpaired) electrons. The first kappa shape index (κ1) is 23.0. The molecule has 3 aromatic rings. The van der Waals surface area contributed by atoms with E-state index in [1.54, 1.807) is 41.9 Å². The summed E-state index contributed by atoms with van der Waals surface area (Å²) in [7, 11) is 3.05. The zero-order valence-corrected chi connectivity index (χ0v) is 18.7. The topological polar surface area (TPSA) is 115 Å². The lowest BCUT2D eigenvalue weighted by molar-refractivity contribution is -0.113. The van der Waals surface area contributed by atoms with Crippen molar-refractivity contribution in [3.8, 4) is 0 Å². The van der Waals surface area contributed by atoms with Crippen molar-refractivity contribution in [3.63, 3.8) is 0 Å². The van der Waals surface area contributed by atoms with Crippen molar-refractivity contribution < 1.29 is 19.1 Å². The van der Waals surface area contributed by atoms with Gasteiger partial charge in [0.1, 0.15) is 0 Å². The number of para-hydroxylation sites is 1. The highest BCUT2D eigenvalue weighted by Crippen LogP contribution is 2.19. The monoisotopic (exact) mass is 453 g/mol. The summed E-state index contributed by atoms with van der Waals surface area (Å²) < 4.78 is 6.45. The number of aryl methyl sites for hydroxylation is 1. The van der Waals surface area contributed by atoms with Crippen LogP contribution in [-0.2, 0) is 23.1 Å². The van der Waals surface area contributed by atoms with Crippen LogP contribution in [0.2, 0.25) is 0 Å². The number of methoxy groups -OCH3 is 1. The van der Waals surface area contributed by atoms with E-state index in [9.17, 15) is 14.4 Å². The molecule has 32 heavy (non-hydrogen) atoms. The van der Waals surface area contributed by atoms with E-state index in [-0.39, 0.29) is 29.7 Å². The number of ether oxygens (including phenoxy) is 1. The Morgan fingerprint density at radius 1 is 1.09 bits per heavy atom. The summed E-state index contributed by atoms with van der Waals surface area (Å²) in [4.78, 5) is 36.5. The van der Waals surface area contributed by atoms with Crippen LogP contribution < -0.4 is 10.6 Å². The summed E-state index contributed by atoms with van der Waals surface area (Å²) >= 11 is 1.20. The number of carbonyl (C=O) groups excluding carboxylic acids is 3. The summed E-state index contributed by atoms with van der Waals surface area (Å²) in [6.45, 7) is 2.13. The number of nitrogens with zero attached hydrogens (tertiary/aromatic N) is 3. The SMILES string of the molecule is COC(=O)c1ccccc1NC(=O)CSc1nnc(CNC(=O)c2cccc(C)c2)n1C. The molecular formula is C22H23N5O4S. The summed E-state index contributed by atoms with van der Waals surface area (Å²) in [5.74, 6) is -0.403. The highest BCUT2D eigenvalue weighted by Gasteiger charge is 2.16. The Kier molecular flexibility index (Phi) is 7.61. The Hall–Kier alpha value is -3.66. The third kappa shape index (κ3) is 5.73. The van der Waals surface area contributed by atoms with Crippen LogP contribution in [-0.4, -0.2) is 45.4 Å². The lowest BCUT2D eigenvalue weighted by Gasteiger charge is -2.09. The smallest absolute Gasteiger partial charge is 0.339 e. The number of hydrogen-bond acceptors (Lipinski definition) is 7. The molecule has 0 aliphatic heterocycles. The summed E-state index contributed by atoms with van der Waals surface area (Å²) in [5.41, 5.74) is 2.23. The molecule has 0 saturated carbocycles. The van der Waals surface area contributed by atoms with Gasteiger partial charge in [-0.1, -0.05) is 41.6 Å². The largest absolute Gasteiger partial charge is 0.465 e. The average molecular weight is 454 g/mol. The maximum absolute atomic E-state index is 12.4. The molecule has 0 aliphatic carbocycles. The van der Waals surface area contributed by atoms with Crippen molar-refractivity contribution in [3.05, 3.63) is 71.0 Å². The van der Waals surface area contributed by atoms with Crippen LogP contribution in [0.3, 0.4) is 0 Å². The van der Waals surface area contributed by atoms with Crippen LogP contribution in [0.15, 0.2) is 53.7 Å². The predicted molar refractivity (Wildman–Crippen MR) is 120 cm³/mol. The molecule has 2 N–H and O–H groups in total. The third-order valence-corrected chi connectivity index (χ3v) is 5.57. The van der Waals surface area contributed by atoms with Crippen LogP contribution in [0, 0.1) is 6.92 Å². The van der Waals surface area contributed by atoms with E-state index in [4.69, 9.17) is 4.74 Å². The minimum atomic E-state index is -0.529. The Labute approximate surface area is 189 Å². The number of carbonyl (C=O) groups is 3. The maximum Gasteiger partial charge on any atom is 0.339 e. The molecular weight excluding hydrogens is 430 g/mol. The molecule has 166 valence electrons. The fourth-order valence-corrected chi connectivity index (χ4v) is 3.60. The Morgan fingerprint density at radius 2 is 1.88 bits per heavy atom.